The van der Waals surface area contributed by atoms with Crippen LogP contribution in [0.4, 0.5) is 11.6 Å². The van der Waals surface area contributed by atoms with Crippen LogP contribution in [0, 0.1) is 0 Å². The number of nitrogens with zero attached hydrogens (tertiary/aromatic N) is 2. The number of halogens is 2. The van der Waals surface area contributed by atoms with Crippen LogP contribution in [0.15, 0.2) is 54.9 Å². The number of aromatic nitrogens is 3. The molecule has 2 aromatic heterocycles. The van der Waals surface area contributed by atoms with Gasteiger partial charge in [-0.15, -0.1) is 0 Å². The van der Waals surface area contributed by atoms with Gasteiger partial charge in [0, 0.05) is 24.9 Å². The minimum atomic E-state index is -0.496. The Balaban J connectivity index is 1.45. The van der Waals surface area contributed by atoms with Crippen molar-refractivity contribution in [3.05, 3.63) is 76.0 Å². The van der Waals surface area contributed by atoms with Gasteiger partial charge in [-0.1, -0.05) is 53.5 Å². The third-order valence-electron chi connectivity index (χ3n) is 5.29. The van der Waals surface area contributed by atoms with Gasteiger partial charge in [-0.05, 0) is 11.6 Å². The van der Waals surface area contributed by atoms with Crippen LogP contribution in [0.1, 0.15) is 22.3 Å². The molecule has 1 aliphatic heterocycles. The van der Waals surface area contributed by atoms with E-state index in [0.717, 1.165) is 12.0 Å². The van der Waals surface area contributed by atoms with Gasteiger partial charge in [-0.25, -0.2) is 9.78 Å². The quantitative estimate of drug-likeness (QED) is 0.323. The first kappa shape index (κ1) is 22.5. The fraction of sp³-hybridized carbons (Fsp3) is 0.208. The number of H-pyrrole nitrogens is 1. The van der Waals surface area contributed by atoms with Crippen molar-refractivity contribution in [2.24, 2.45) is 0 Å². The van der Waals surface area contributed by atoms with Gasteiger partial charge in [0.25, 0.3) is 0 Å². The van der Waals surface area contributed by atoms with Crippen LogP contribution in [0.5, 0.6) is 5.75 Å². The van der Waals surface area contributed by atoms with Crippen LogP contribution in [0.3, 0.4) is 0 Å². The van der Waals surface area contributed by atoms with Gasteiger partial charge in [-0.2, -0.15) is 0 Å². The summed E-state index contributed by atoms with van der Waals surface area (Å²) in [5.41, 5.74) is 2.87. The lowest BCUT2D eigenvalue weighted by atomic mass is 10.1. The zero-order valence-corrected chi connectivity index (χ0v) is 19.4. The first-order valence-electron chi connectivity index (χ1n) is 10.6. The van der Waals surface area contributed by atoms with E-state index < -0.39 is 5.97 Å². The molecule has 5 rings (SSSR count). The molecule has 1 saturated heterocycles. The molecule has 3 heterocycles. The first-order chi connectivity index (χ1) is 16.6. The average Bonchev–Trinajstić information content (AvgIpc) is 3.49. The molecule has 0 spiro atoms. The van der Waals surface area contributed by atoms with Crippen LogP contribution in [0.25, 0.3) is 11.0 Å². The SMILES string of the molecule is O=C(OCc1ccccc1)c1cc2[nH]c(Nc3c(Cl)cncc3Cl)nc2cc1OC1CCOC1. The number of hydrogen-bond acceptors (Lipinski definition) is 7. The molecule has 1 fully saturated rings. The molecule has 0 saturated carbocycles. The summed E-state index contributed by atoms with van der Waals surface area (Å²) >= 11 is 12.4. The lowest BCUT2D eigenvalue weighted by molar-refractivity contribution is 0.0464. The lowest BCUT2D eigenvalue weighted by Gasteiger charge is -2.15. The summed E-state index contributed by atoms with van der Waals surface area (Å²) < 4.78 is 17.1. The predicted octanol–water partition coefficient (Wildman–Crippen LogP) is 5.53. The van der Waals surface area contributed by atoms with Crippen molar-refractivity contribution in [3.8, 4) is 5.75 Å². The largest absolute Gasteiger partial charge is 0.487 e. The van der Waals surface area contributed by atoms with Crippen molar-refractivity contribution < 1.29 is 19.0 Å². The summed E-state index contributed by atoms with van der Waals surface area (Å²) in [6.45, 7) is 1.23. The number of pyridine rings is 1. The zero-order chi connectivity index (χ0) is 23.5. The van der Waals surface area contributed by atoms with Gasteiger partial charge in [-0.3, -0.25) is 4.98 Å². The highest BCUT2D eigenvalue weighted by Gasteiger charge is 2.23. The van der Waals surface area contributed by atoms with E-state index in [1.165, 1.54) is 12.4 Å². The minimum Gasteiger partial charge on any atom is -0.487 e. The van der Waals surface area contributed by atoms with E-state index in [0.29, 0.717) is 57.2 Å². The molecule has 8 nitrogen and oxygen atoms in total. The zero-order valence-electron chi connectivity index (χ0n) is 17.9. The number of aromatic amines is 1. The normalized spacial score (nSPS) is 15.4. The highest BCUT2D eigenvalue weighted by Crippen LogP contribution is 2.33. The third kappa shape index (κ3) is 4.94. The van der Waals surface area contributed by atoms with E-state index in [2.05, 4.69) is 20.3 Å². The van der Waals surface area contributed by atoms with Crippen molar-refractivity contribution in [2.75, 3.05) is 18.5 Å². The van der Waals surface area contributed by atoms with E-state index >= 15 is 0 Å². The number of nitrogens with one attached hydrogen (secondary N) is 2. The number of hydrogen-bond donors (Lipinski definition) is 2. The molecule has 0 aliphatic carbocycles. The molecule has 0 amide bonds. The Morgan fingerprint density at radius 1 is 1.18 bits per heavy atom. The molecule has 1 atom stereocenters. The number of fused-ring (bicyclic) bond motifs is 1. The maximum atomic E-state index is 13.0. The second-order valence-electron chi connectivity index (χ2n) is 7.72. The fourth-order valence-corrected chi connectivity index (χ4v) is 4.05. The van der Waals surface area contributed by atoms with Crippen LogP contribution >= 0.6 is 23.2 Å². The van der Waals surface area contributed by atoms with E-state index in [4.69, 9.17) is 37.4 Å². The second-order valence-corrected chi connectivity index (χ2v) is 8.53. The summed E-state index contributed by atoms with van der Waals surface area (Å²) in [4.78, 5) is 24.7. The Hall–Kier alpha value is -3.33. The number of rotatable bonds is 7. The molecule has 1 unspecified atom stereocenters. The third-order valence-corrected chi connectivity index (χ3v) is 5.87. The molecule has 1 aliphatic rings. The topological polar surface area (TPSA) is 98.4 Å². The Labute approximate surface area is 205 Å². The summed E-state index contributed by atoms with van der Waals surface area (Å²) in [7, 11) is 0. The number of imidazole rings is 1. The number of carbonyl (C=O) groups is 1. The molecule has 0 bridgehead atoms. The Bertz CT molecular complexity index is 1300. The van der Waals surface area contributed by atoms with Gasteiger partial charge in [0.2, 0.25) is 5.95 Å². The summed E-state index contributed by atoms with van der Waals surface area (Å²) in [5, 5.41) is 3.77. The highest BCUT2D eigenvalue weighted by molar-refractivity contribution is 6.39. The average molecular weight is 499 g/mol. The Morgan fingerprint density at radius 3 is 2.71 bits per heavy atom. The van der Waals surface area contributed by atoms with Crippen molar-refractivity contribution in [2.45, 2.75) is 19.1 Å². The summed E-state index contributed by atoms with van der Waals surface area (Å²) in [6.07, 6.45) is 3.55. The van der Waals surface area contributed by atoms with Crippen LogP contribution in [0.2, 0.25) is 10.0 Å². The van der Waals surface area contributed by atoms with Crippen LogP contribution in [-0.4, -0.2) is 40.2 Å². The summed E-state index contributed by atoms with van der Waals surface area (Å²) in [6, 6.07) is 12.9. The van der Waals surface area contributed by atoms with Gasteiger partial charge < -0.3 is 24.5 Å². The standard InChI is InChI=1S/C24H20Cl2N4O4/c25-17-10-27-11-18(26)22(17)30-24-28-19-8-16(23(31)33-12-14-4-2-1-3-5-14)21(9-20(19)29-24)34-15-6-7-32-13-15/h1-5,8-11,15H,6-7,12-13H2,(H2,27,28,29,30). The van der Waals surface area contributed by atoms with E-state index in [1.807, 2.05) is 30.3 Å². The van der Waals surface area contributed by atoms with Crippen molar-refractivity contribution in [3.63, 3.8) is 0 Å². The highest BCUT2D eigenvalue weighted by atomic mass is 35.5. The Kier molecular flexibility index (Phi) is 6.53. The lowest BCUT2D eigenvalue weighted by Crippen LogP contribution is -2.18. The maximum Gasteiger partial charge on any atom is 0.342 e. The van der Waals surface area contributed by atoms with E-state index in [-0.39, 0.29) is 12.7 Å². The summed E-state index contributed by atoms with van der Waals surface area (Å²) in [5.74, 6) is 0.290. The number of carbonyl (C=O) groups excluding carboxylic acids is 1. The number of esters is 1. The van der Waals surface area contributed by atoms with Crippen LogP contribution in [-0.2, 0) is 16.1 Å². The molecule has 174 valence electrons. The van der Waals surface area contributed by atoms with Crippen molar-refractivity contribution in [1.82, 2.24) is 15.0 Å². The molecule has 34 heavy (non-hydrogen) atoms. The monoisotopic (exact) mass is 498 g/mol. The maximum absolute atomic E-state index is 13.0. The van der Waals surface area contributed by atoms with Crippen molar-refractivity contribution in [1.29, 1.82) is 0 Å². The fourth-order valence-electron chi connectivity index (χ4n) is 3.59. The molecule has 2 aromatic carbocycles. The molecule has 0 radical (unpaired) electrons. The number of benzene rings is 2. The number of anilines is 2. The number of ether oxygens (including phenoxy) is 3. The van der Waals surface area contributed by atoms with Gasteiger partial charge in [0.15, 0.2) is 0 Å². The van der Waals surface area contributed by atoms with E-state index in [1.54, 1.807) is 12.1 Å². The molecular formula is C24H20Cl2N4O4. The van der Waals surface area contributed by atoms with Gasteiger partial charge >= 0.3 is 5.97 Å². The smallest absolute Gasteiger partial charge is 0.342 e. The van der Waals surface area contributed by atoms with Crippen LogP contribution < -0.4 is 10.1 Å². The second kappa shape index (κ2) is 9.89. The van der Waals surface area contributed by atoms with Crippen molar-refractivity contribution >= 4 is 51.8 Å². The molecule has 10 heteroatoms. The van der Waals surface area contributed by atoms with Gasteiger partial charge in [0.05, 0.1) is 40.0 Å². The Morgan fingerprint density at radius 2 is 1.97 bits per heavy atom. The predicted molar refractivity (Wildman–Crippen MR) is 129 cm³/mol. The molecule has 2 N–H and O–H groups in total. The van der Waals surface area contributed by atoms with Gasteiger partial charge in [0.1, 0.15) is 24.0 Å². The minimum absolute atomic E-state index is 0.149. The molecular weight excluding hydrogens is 479 g/mol. The first-order valence-corrected chi connectivity index (χ1v) is 11.4. The molecule has 4 aromatic rings. The van der Waals surface area contributed by atoms with E-state index in [9.17, 15) is 4.79 Å².